The summed E-state index contributed by atoms with van der Waals surface area (Å²) in [6, 6.07) is 3.03. The molecule has 2 N–H and O–H groups in total. The molecule has 2 atom stereocenters. The summed E-state index contributed by atoms with van der Waals surface area (Å²) in [4.78, 5) is 25.4. The van der Waals surface area contributed by atoms with Gasteiger partial charge in [-0.25, -0.2) is 9.18 Å². The van der Waals surface area contributed by atoms with Crippen LogP contribution in [0.5, 0.6) is 0 Å². The van der Waals surface area contributed by atoms with Gasteiger partial charge in [-0.3, -0.25) is 9.69 Å². The van der Waals surface area contributed by atoms with E-state index in [0.29, 0.717) is 12.0 Å². The molecule has 1 aliphatic heterocycles. The number of aliphatic hydroxyl groups is 1. The zero-order valence-corrected chi connectivity index (χ0v) is 12.4. The molecule has 3 amide bonds. The van der Waals surface area contributed by atoms with Crippen molar-refractivity contribution < 1.29 is 19.1 Å². The molecule has 1 heterocycles. The summed E-state index contributed by atoms with van der Waals surface area (Å²) < 4.78 is 13.1. The lowest BCUT2D eigenvalue weighted by Gasteiger charge is -2.24. The largest absolute Gasteiger partial charge is 0.391 e. The monoisotopic (exact) mass is 314 g/mol. The standard InChI is InChI=1S/C14H16ClFN2O3/c1-3-9(19)7-18-12(20)14(2,17-13(18)21)10-5-4-8(16)6-11(10)15/h4-6,9,19H,3,7H2,1-2H3,(H,17,21)/t9-,14+/m1/s1. The zero-order valence-electron chi connectivity index (χ0n) is 11.7. The first-order chi connectivity index (χ1) is 9.79. The molecule has 0 aliphatic carbocycles. The van der Waals surface area contributed by atoms with Gasteiger partial charge in [-0.2, -0.15) is 0 Å². The lowest BCUT2D eigenvalue weighted by Crippen LogP contribution is -2.42. The number of hydrogen-bond acceptors (Lipinski definition) is 3. The summed E-state index contributed by atoms with van der Waals surface area (Å²) in [7, 11) is 0. The molecule has 1 fully saturated rings. The Hall–Kier alpha value is -1.66. The highest BCUT2D eigenvalue weighted by atomic mass is 35.5. The van der Waals surface area contributed by atoms with Crippen molar-refractivity contribution in [1.29, 1.82) is 0 Å². The number of β-amino-alcohol motifs (C(OH)–C–C–N with tert-alkyl or cyclic N) is 1. The third-order valence-electron chi connectivity index (χ3n) is 3.61. The quantitative estimate of drug-likeness (QED) is 0.835. The second-order valence-corrected chi connectivity index (χ2v) is 5.56. The number of amides is 3. The van der Waals surface area contributed by atoms with Crippen LogP contribution < -0.4 is 5.32 Å². The number of halogens is 2. The first-order valence-electron chi connectivity index (χ1n) is 6.57. The van der Waals surface area contributed by atoms with Crippen LogP contribution in [0.1, 0.15) is 25.8 Å². The maximum Gasteiger partial charge on any atom is 0.325 e. The molecular formula is C14H16ClFN2O3. The molecule has 114 valence electrons. The molecule has 1 aromatic rings. The average Bonchev–Trinajstić information content (AvgIpc) is 2.62. The fourth-order valence-electron chi connectivity index (χ4n) is 2.28. The van der Waals surface area contributed by atoms with Gasteiger partial charge in [0, 0.05) is 10.6 Å². The highest BCUT2D eigenvalue weighted by molar-refractivity contribution is 6.32. The molecule has 0 spiro atoms. The highest BCUT2D eigenvalue weighted by Crippen LogP contribution is 2.34. The Morgan fingerprint density at radius 1 is 1.48 bits per heavy atom. The van der Waals surface area contributed by atoms with Gasteiger partial charge in [0.05, 0.1) is 12.6 Å². The second-order valence-electron chi connectivity index (χ2n) is 5.16. The number of urea groups is 1. The Morgan fingerprint density at radius 2 is 2.14 bits per heavy atom. The van der Waals surface area contributed by atoms with Gasteiger partial charge >= 0.3 is 6.03 Å². The van der Waals surface area contributed by atoms with Crippen molar-refractivity contribution in [2.45, 2.75) is 31.9 Å². The molecule has 1 aromatic carbocycles. The first-order valence-corrected chi connectivity index (χ1v) is 6.95. The Morgan fingerprint density at radius 3 is 2.71 bits per heavy atom. The number of aliphatic hydroxyl groups excluding tert-OH is 1. The molecular weight excluding hydrogens is 299 g/mol. The number of hydrogen-bond donors (Lipinski definition) is 2. The molecule has 0 bridgehead atoms. The topological polar surface area (TPSA) is 69.6 Å². The van der Waals surface area contributed by atoms with E-state index in [1.54, 1.807) is 6.92 Å². The first kappa shape index (κ1) is 15.7. The predicted octanol–water partition coefficient (Wildman–Crippen LogP) is 2.02. The Balaban J connectivity index is 2.36. The van der Waals surface area contributed by atoms with Crippen LogP contribution in [0.3, 0.4) is 0 Å². The van der Waals surface area contributed by atoms with E-state index in [9.17, 15) is 19.1 Å². The molecule has 0 saturated carbocycles. The van der Waals surface area contributed by atoms with Gasteiger partial charge in [0.1, 0.15) is 11.4 Å². The van der Waals surface area contributed by atoms with E-state index < -0.39 is 29.4 Å². The molecule has 0 radical (unpaired) electrons. The summed E-state index contributed by atoms with van der Waals surface area (Å²) in [6.45, 7) is 3.17. The van der Waals surface area contributed by atoms with Crippen molar-refractivity contribution in [1.82, 2.24) is 10.2 Å². The second kappa shape index (κ2) is 5.61. The third kappa shape index (κ3) is 2.73. The maximum absolute atomic E-state index is 13.1. The van der Waals surface area contributed by atoms with Gasteiger partial charge in [0.25, 0.3) is 5.91 Å². The van der Waals surface area contributed by atoms with E-state index in [0.717, 1.165) is 11.0 Å². The number of nitrogens with zero attached hydrogens (tertiary/aromatic N) is 1. The minimum Gasteiger partial charge on any atom is -0.391 e. The van der Waals surface area contributed by atoms with E-state index in [-0.39, 0.29) is 11.6 Å². The number of imide groups is 1. The van der Waals surface area contributed by atoms with Crippen LogP contribution >= 0.6 is 11.6 Å². The van der Waals surface area contributed by atoms with Crippen LogP contribution in [0.2, 0.25) is 5.02 Å². The van der Waals surface area contributed by atoms with Crippen LogP contribution in [0.4, 0.5) is 9.18 Å². The Kier molecular flexibility index (Phi) is 4.20. The lowest BCUT2D eigenvalue weighted by molar-refractivity contribution is -0.132. The predicted molar refractivity (Wildman–Crippen MR) is 75.3 cm³/mol. The van der Waals surface area contributed by atoms with E-state index in [4.69, 9.17) is 11.6 Å². The van der Waals surface area contributed by atoms with Crippen molar-refractivity contribution >= 4 is 23.5 Å². The summed E-state index contributed by atoms with van der Waals surface area (Å²) in [5.74, 6) is -1.05. The summed E-state index contributed by atoms with van der Waals surface area (Å²) in [6.07, 6.45) is -0.365. The zero-order chi connectivity index (χ0) is 15.8. The maximum atomic E-state index is 13.1. The Labute approximate surface area is 126 Å². The van der Waals surface area contributed by atoms with Crippen molar-refractivity contribution in [3.8, 4) is 0 Å². The molecule has 1 aliphatic rings. The molecule has 1 saturated heterocycles. The normalized spacial score (nSPS) is 23.4. The molecule has 21 heavy (non-hydrogen) atoms. The van der Waals surface area contributed by atoms with Gasteiger partial charge in [-0.05, 0) is 25.5 Å². The van der Waals surface area contributed by atoms with Crippen molar-refractivity contribution in [3.63, 3.8) is 0 Å². The van der Waals surface area contributed by atoms with Crippen LogP contribution in [-0.2, 0) is 10.3 Å². The van der Waals surface area contributed by atoms with E-state index in [2.05, 4.69) is 5.32 Å². The van der Waals surface area contributed by atoms with E-state index >= 15 is 0 Å². The SMILES string of the molecule is CC[C@@H](O)CN1C(=O)N[C@@](C)(c2ccc(F)cc2Cl)C1=O. The highest BCUT2D eigenvalue weighted by Gasteiger charge is 2.50. The lowest BCUT2D eigenvalue weighted by atomic mass is 9.92. The van der Waals surface area contributed by atoms with E-state index in [1.165, 1.54) is 19.1 Å². The minimum absolute atomic E-state index is 0.0593. The van der Waals surface area contributed by atoms with Gasteiger partial charge in [0.2, 0.25) is 0 Å². The van der Waals surface area contributed by atoms with Crippen LogP contribution in [0, 0.1) is 5.82 Å². The van der Waals surface area contributed by atoms with Crippen LogP contribution in [0.25, 0.3) is 0 Å². The van der Waals surface area contributed by atoms with Gasteiger partial charge in [-0.15, -0.1) is 0 Å². The van der Waals surface area contributed by atoms with Crippen molar-refractivity contribution in [3.05, 3.63) is 34.6 Å². The van der Waals surface area contributed by atoms with Crippen molar-refractivity contribution in [2.75, 3.05) is 6.54 Å². The average molecular weight is 315 g/mol. The van der Waals surface area contributed by atoms with E-state index in [1.807, 2.05) is 0 Å². The molecule has 7 heteroatoms. The van der Waals surface area contributed by atoms with Crippen molar-refractivity contribution in [2.24, 2.45) is 0 Å². The molecule has 5 nitrogen and oxygen atoms in total. The minimum atomic E-state index is -1.37. The summed E-state index contributed by atoms with van der Waals surface area (Å²) >= 11 is 5.98. The fraction of sp³-hybridized carbons (Fsp3) is 0.429. The van der Waals surface area contributed by atoms with Gasteiger partial charge in [0.15, 0.2) is 0 Å². The number of benzene rings is 1. The molecule has 2 rings (SSSR count). The number of carbonyl (C=O) groups excluding carboxylic acids is 2. The van der Waals surface area contributed by atoms with Gasteiger partial charge < -0.3 is 10.4 Å². The van der Waals surface area contributed by atoms with Gasteiger partial charge in [-0.1, -0.05) is 24.6 Å². The fourth-order valence-corrected chi connectivity index (χ4v) is 2.64. The number of rotatable bonds is 4. The molecule has 0 aromatic heterocycles. The number of carbonyl (C=O) groups is 2. The Bertz CT molecular complexity index is 596. The smallest absolute Gasteiger partial charge is 0.325 e. The third-order valence-corrected chi connectivity index (χ3v) is 3.92. The summed E-state index contributed by atoms with van der Waals surface area (Å²) in [5, 5.41) is 12.3. The molecule has 0 unspecified atom stereocenters. The van der Waals surface area contributed by atoms with Crippen LogP contribution in [0.15, 0.2) is 18.2 Å². The van der Waals surface area contributed by atoms with Crippen LogP contribution in [-0.4, -0.2) is 34.6 Å². The summed E-state index contributed by atoms with van der Waals surface area (Å²) in [5.41, 5.74) is -1.05. The number of nitrogens with one attached hydrogen (secondary N) is 1.